The normalized spacial score (nSPS) is 19.5. The van der Waals surface area contributed by atoms with Gasteiger partial charge in [0.1, 0.15) is 0 Å². The first-order valence-corrected chi connectivity index (χ1v) is 15.4. The maximum atomic E-state index is 12.9. The fraction of sp³-hybridized carbons (Fsp3) is 0.343. The molecule has 1 fully saturated rings. The fourth-order valence-corrected chi connectivity index (χ4v) is 6.01. The molecular weight excluding hydrogens is 534 g/mol. The van der Waals surface area contributed by atoms with Gasteiger partial charge in [-0.05, 0) is 86.4 Å². The predicted octanol–water partition coefficient (Wildman–Crippen LogP) is 5.32. The summed E-state index contributed by atoms with van der Waals surface area (Å²) in [7, 11) is 2.10. The van der Waals surface area contributed by atoms with Crippen LogP contribution in [0.1, 0.15) is 29.5 Å². The van der Waals surface area contributed by atoms with Gasteiger partial charge in [0.2, 0.25) is 11.9 Å². The molecule has 0 radical (unpaired) electrons. The molecule has 3 aliphatic heterocycles. The van der Waals surface area contributed by atoms with Crippen molar-refractivity contribution in [2.24, 2.45) is 5.92 Å². The minimum atomic E-state index is 0.0824. The Bertz CT molecular complexity index is 1520. The van der Waals surface area contributed by atoms with Gasteiger partial charge in [-0.15, -0.1) is 0 Å². The molecule has 3 aliphatic rings. The van der Waals surface area contributed by atoms with E-state index in [4.69, 9.17) is 4.98 Å². The number of aromatic nitrogens is 2. The Labute approximate surface area is 254 Å². The maximum Gasteiger partial charge on any atom is 0.227 e. The SMILES string of the molecule is CN1CCNC(=O)C2CCN(CC2)Cc2cc(NCCc3ccccc3)cc(c2)Nc2nccc(n2)-c2cccc(c2)C1. The summed E-state index contributed by atoms with van der Waals surface area (Å²) in [6.45, 7) is 5.74. The van der Waals surface area contributed by atoms with Crippen molar-refractivity contribution in [2.75, 3.05) is 50.4 Å². The number of hydrogen-bond donors (Lipinski definition) is 3. The highest BCUT2D eigenvalue weighted by atomic mass is 16.1. The van der Waals surface area contributed by atoms with Gasteiger partial charge in [0.25, 0.3) is 0 Å². The number of fused-ring (bicyclic) bond motifs is 7. The monoisotopic (exact) mass is 575 g/mol. The summed E-state index contributed by atoms with van der Waals surface area (Å²) in [5.41, 5.74) is 7.68. The van der Waals surface area contributed by atoms with Gasteiger partial charge < -0.3 is 20.9 Å². The van der Waals surface area contributed by atoms with Crippen LogP contribution in [0.3, 0.4) is 0 Å². The molecule has 0 atom stereocenters. The molecule has 7 rings (SSSR count). The molecule has 8 heteroatoms. The Morgan fingerprint density at radius 3 is 2.63 bits per heavy atom. The molecule has 0 spiro atoms. The number of nitrogens with zero attached hydrogens (tertiary/aromatic N) is 4. The zero-order chi connectivity index (χ0) is 29.4. The second kappa shape index (κ2) is 13.8. The summed E-state index contributed by atoms with van der Waals surface area (Å²) in [5.74, 6) is 0.845. The minimum absolute atomic E-state index is 0.0824. The standard InChI is InChI=1S/C35H41N7O/c1-41-19-16-37-34(43)29-12-17-42(18-13-29)25-28-21-31(36-14-10-26-6-3-2-4-7-26)23-32(22-28)39-35-38-15-11-33(40-35)30-9-5-8-27(20-30)24-41/h2-9,11,15,20-23,29,36H,10,12-14,16-19,24-25H2,1H3,(H,37,43)(H,38,39,40). The number of rotatable bonds is 4. The number of benzene rings is 3. The van der Waals surface area contributed by atoms with E-state index in [0.717, 1.165) is 81.2 Å². The van der Waals surface area contributed by atoms with Gasteiger partial charge in [-0.3, -0.25) is 9.69 Å². The van der Waals surface area contributed by atoms with Crippen LogP contribution < -0.4 is 16.0 Å². The Balaban J connectivity index is 1.27. The van der Waals surface area contributed by atoms with Crippen molar-refractivity contribution in [3.05, 3.63) is 102 Å². The Morgan fingerprint density at radius 2 is 1.77 bits per heavy atom. The molecule has 3 N–H and O–H groups in total. The van der Waals surface area contributed by atoms with Gasteiger partial charge in [-0.1, -0.05) is 48.5 Å². The van der Waals surface area contributed by atoms with Crippen LogP contribution in [0.4, 0.5) is 17.3 Å². The first kappa shape index (κ1) is 28.8. The third kappa shape index (κ3) is 7.97. The molecule has 43 heavy (non-hydrogen) atoms. The average Bonchev–Trinajstić information content (AvgIpc) is 3.02. The highest BCUT2D eigenvalue weighted by Crippen LogP contribution is 2.26. The number of carbonyl (C=O) groups excluding carboxylic acids is 1. The molecule has 4 aromatic rings. The molecule has 0 aliphatic carbocycles. The molecule has 0 saturated carbocycles. The van der Waals surface area contributed by atoms with Crippen LogP contribution in [0, 0.1) is 5.92 Å². The van der Waals surface area contributed by atoms with Crippen LogP contribution in [0.25, 0.3) is 11.3 Å². The highest BCUT2D eigenvalue weighted by molar-refractivity contribution is 5.78. The van der Waals surface area contributed by atoms with Crippen molar-refractivity contribution in [3.63, 3.8) is 0 Å². The number of nitrogens with one attached hydrogen (secondary N) is 3. The maximum absolute atomic E-state index is 12.9. The quantitative estimate of drug-likeness (QED) is 0.304. The lowest BCUT2D eigenvalue weighted by Gasteiger charge is -2.31. The summed E-state index contributed by atoms with van der Waals surface area (Å²) in [4.78, 5) is 27.1. The molecular formula is C35H41N7O. The first-order valence-electron chi connectivity index (χ1n) is 15.4. The Kier molecular flexibility index (Phi) is 9.25. The molecule has 1 amide bonds. The van der Waals surface area contributed by atoms with E-state index in [1.807, 2.05) is 12.3 Å². The third-order valence-corrected chi connectivity index (χ3v) is 8.32. The van der Waals surface area contributed by atoms with Crippen LogP contribution in [0.15, 0.2) is 85.1 Å². The summed E-state index contributed by atoms with van der Waals surface area (Å²) in [6, 6.07) is 27.6. The molecule has 1 saturated heterocycles. The lowest BCUT2D eigenvalue weighted by atomic mass is 9.95. The molecule has 3 aromatic carbocycles. The zero-order valence-corrected chi connectivity index (χ0v) is 24.9. The topological polar surface area (TPSA) is 85.4 Å². The summed E-state index contributed by atoms with van der Waals surface area (Å²) < 4.78 is 0. The van der Waals surface area contributed by atoms with Crippen molar-refractivity contribution in [3.8, 4) is 11.3 Å². The summed E-state index contributed by atoms with van der Waals surface area (Å²) in [5, 5.41) is 10.3. The zero-order valence-electron chi connectivity index (χ0n) is 24.9. The van der Waals surface area contributed by atoms with Crippen molar-refractivity contribution < 1.29 is 4.79 Å². The first-order chi connectivity index (χ1) is 21.1. The fourth-order valence-electron chi connectivity index (χ4n) is 6.01. The summed E-state index contributed by atoms with van der Waals surface area (Å²) >= 11 is 0. The van der Waals surface area contributed by atoms with Crippen LogP contribution >= 0.6 is 0 Å². The lowest BCUT2D eigenvalue weighted by molar-refractivity contribution is -0.126. The third-order valence-electron chi connectivity index (χ3n) is 8.32. The average molecular weight is 576 g/mol. The van der Waals surface area contributed by atoms with E-state index in [2.05, 4.69) is 111 Å². The van der Waals surface area contributed by atoms with Crippen molar-refractivity contribution >= 4 is 23.2 Å². The Hall–Kier alpha value is -4.27. The van der Waals surface area contributed by atoms with Crippen molar-refractivity contribution in [2.45, 2.75) is 32.4 Å². The number of piperidine rings is 1. The van der Waals surface area contributed by atoms with Gasteiger partial charge in [0.05, 0.1) is 5.69 Å². The van der Waals surface area contributed by atoms with E-state index in [-0.39, 0.29) is 11.8 Å². The smallest absolute Gasteiger partial charge is 0.227 e. The van der Waals surface area contributed by atoms with E-state index in [1.54, 1.807) is 0 Å². The van der Waals surface area contributed by atoms with E-state index >= 15 is 0 Å². The number of amides is 1. The van der Waals surface area contributed by atoms with Crippen LogP contribution in [-0.2, 0) is 24.3 Å². The second-order valence-electron chi connectivity index (χ2n) is 11.8. The minimum Gasteiger partial charge on any atom is -0.385 e. The molecule has 0 unspecified atom stereocenters. The molecule has 1 aromatic heterocycles. The molecule has 222 valence electrons. The largest absolute Gasteiger partial charge is 0.385 e. The van der Waals surface area contributed by atoms with Crippen LogP contribution in [-0.4, -0.2) is 65.4 Å². The number of hydrogen-bond acceptors (Lipinski definition) is 7. The van der Waals surface area contributed by atoms with E-state index in [9.17, 15) is 4.79 Å². The van der Waals surface area contributed by atoms with Gasteiger partial charge >= 0.3 is 0 Å². The predicted molar refractivity (Wildman–Crippen MR) is 173 cm³/mol. The van der Waals surface area contributed by atoms with Crippen molar-refractivity contribution in [1.29, 1.82) is 0 Å². The summed E-state index contributed by atoms with van der Waals surface area (Å²) in [6.07, 6.45) is 4.53. The van der Waals surface area contributed by atoms with E-state index in [0.29, 0.717) is 12.5 Å². The molecule has 8 bridgehead atoms. The van der Waals surface area contributed by atoms with Crippen LogP contribution in [0.5, 0.6) is 0 Å². The van der Waals surface area contributed by atoms with Gasteiger partial charge in [0, 0.05) is 61.8 Å². The van der Waals surface area contributed by atoms with E-state index in [1.165, 1.54) is 16.7 Å². The van der Waals surface area contributed by atoms with E-state index < -0.39 is 0 Å². The number of carbonyl (C=O) groups is 1. The Morgan fingerprint density at radius 1 is 0.907 bits per heavy atom. The van der Waals surface area contributed by atoms with Crippen LogP contribution in [0.2, 0.25) is 0 Å². The highest BCUT2D eigenvalue weighted by Gasteiger charge is 2.25. The van der Waals surface area contributed by atoms with Gasteiger partial charge in [-0.25, -0.2) is 9.97 Å². The second-order valence-corrected chi connectivity index (χ2v) is 11.8. The molecule has 4 heterocycles. The lowest BCUT2D eigenvalue weighted by Crippen LogP contribution is -2.42. The van der Waals surface area contributed by atoms with Gasteiger partial charge in [-0.2, -0.15) is 0 Å². The van der Waals surface area contributed by atoms with Gasteiger partial charge in [0.15, 0.2) is 0 Å². The number of anilines is 3. The molecule has 8 nitrogen and oxygen atoms in total. The van der Waals surface area contributed by atoms with Crippen molar-refractivity contribution in [1.82, 2.24) is 25.1 Å². The number of likely N-dealkylation sites (N-methyl/N-ethyl adjacent to an activating group) is 1.